The van der Waals surface area contributed by atoms with Gasteiger partial charge in [-0.1, -0.05) is 6.07 Å². The molecule has 0 saturated carbocycles. The molecule has 3 aromatic rings. The van der Waals surface area contributed by atoms with E-state index in [-0.39, 0.29) is 11.5 Å². The number of aromatic nitrogens is 2. The van der Waals surface area contributed by atoms with E-state index < -0.39 is 4.92 Å². The van der Waals surface area contributed by atoms with Crippen LogP contribution in [0, 0.1) is 10.1 Å². The summed E-state index contributed by atoms with van der Waals surface area (Å²) in [6, 6.07) is 12.3. The Morgan fingerprint density at radius 1 is 1.19 bits per heavy atom. The minimum absolute atomic E-state index is 0.118. The van der Waals surface area contributed by atoms with Gasteiger partial charge >= 0.3 is 5.69 Å². The SMILES string of the molecule is Nc1nc(Nc2ccc3ncccc3c2)ccc1[N+](=O)[O-]. The second-order valence-corrected chi connectivity index (χ2v) is 4.39. The summed E-state index contributed by atoms with van der Waals surface area (Å²) in [6.07, 6.45) is 1.73. The fourth-order valence-corrected chi connectivity index (χ4v) is 1.99. The number of hydrogen-bond donors (Lipinski definition) is 2. The zero-order valence-electron chi connectivity index (χ0n) is 10.9. The highest BCUT2D eigenvalue weighted by Crippen LogP contribution is 2.24. The molecule has 7 heteroatoms. The van der Waals surface area contributed by atoms with Crippen molar-refractivity contribution in [3.63, 3.8) is 0 Å². The molecular formula is C14H11N5O2. The van der Waals surface area contributed by atoms with Gasteiger partial charge in [0.1, 0.15) is 5.82 Å². The molecule has 0 spiro atoms. The van der Waals surface area contributed by atoms with Crippen LogP contribution in [-0.4, -0.2) is 14.9 Å². The third kappa shape index (κ3) is 2.57. The number of nitrogen functional groups attached to an aromatic ring is 1. The molecular weight excluding hydrogens is 270 g/mol. The molecule has 0 aliphatic heterocycles. The van der Waals surface area contributed by atoms with Gasteiger partial charge in [-0.3, -0.25) is 15.1 Å². The molecule has 0 aliphatic carbocycles. The number of nitrogens with zero attached hydrogens (tertiary/aromatic N) is 3. The Morgan fingerprint density at radius 3 is 2.81 bits per heavy atom. The molecule has 7 nitrogen and oxygen atoms in total. The number of fused-ring (bicyclic) bond motifs is 1. The fourth-order valence-electron chi connectivity index (χ4n) is 1.99. The first-order valence-corrected chi connectivity index (χ1v) is 6.16. The first kappa shape index (κ1) is 12.8. The number of nitrogens with one attached hydrogen (secondary N) is 1. The second-order valence-electron chi connectivity index (χ2n) is 4.39. The molecule has 3 rings (SSSR count). The van der Waals surface area contributed by atoms with Crippen molar-refractivity contribution in [3.05, 3.63) is 58.8 Å². The normalized spacial score (nSPS) is 10.5. The summed E-state index contributed by atoms with van der Waals surface area (Å²) in [7, 11) is 0. The molecule has 3 N–H and O–H groups in total. The molecule has 104 valence electrons. The quantitative estimate of drug-likeness (QED) is 0.564. The monoisotopic (exact) mass is 281 g/mol. The van der Waals surface area contributed by atoms with E-state index >= 15 is 0 Å². The van der Waals surface area contributed by atoms with Crippen molar-refractivity contribution in [2.24, 2.45) is 0 Å². The predicted molar refractivity (Wildman–Crippen MR) is 80.3 cm³/mol. The van der Waals surface area contributed by atoms with Gasteiger partial charge in [0.05, 0.1) is 10.4 Å². The molecule has 21 heavy (non-hydrogen) atoms. The van der Waals surface area contributed by atoms with Gasteiger partial charge in [0.15, 0.2) is 0 Å². The minimum Gasteiger partial charge on any atom is -0.378 e. The largest absolute Gasteiger partial charge is 0.378 e. The van der Waals surface area contributed by atoms with Crippen LogP contribution in [0.3, 0.4) is 0 Å². The number of nitrogens with two attached hydrogens (primary N) is 1. The minimum atomic E-state index is -0.562. The second kappa shape index (κ2) is 5.04. The molecule has 0 unspecified atom stereocenters. The molecule has 0 atom stereocenters. The van der Waals surface area contributed by atoms with Gasteiger partial charge in [-0.05, 0) is 30.3 Å². The van der Waals surface area contributed by atoms with Gasteiger partial charge in [-0.2, -0.15) is 0 Å². The first-order valence-electron chi connectivity index (χ1n) is 6.16. The highest BCUT2D eigenvalue weighted by Gasteiger charge is 2.12. The lowest BCUT2D eigenvalue weighted by atomic mass is 10.2. The molecule has 2 heterocycles. The molecule has 2 aromatic heterocycles. The maximum absolute atomic E-state index is 10.7. The van der Waals surface area contributed by atoms with E-state index in [9.17, 15) is 10.1 Å². The molecule has 0 aliphatic rings. The Hall–Kier alpha value is -3.22. The van der Waals surface area contributed by atoms with Crippen molar-refractivity contribution >= 4 is 33.9 Å². The fraction of sp³-hybridized carbons (Fsp3) is 0. The van der Waals surface area contributed by atoms with Crippen LogP contribution in [0.5, 0.6) is 0 Å². The van der Waals surface area contributed by atoms with Crippen LogP contribution in [0.25, 0.3) is 10.9 Å². The van der Waals surface area contributed by atoms with Crippen molar-refractivity contribution < 1.29 is 4.92 Å². The lowest BCUT2D eigenvalue weighted by molar-refractivity contribution is -0.384. The van der Waals surface area contributed by atoms with Crippen LogP contribution >= 0.6 is 0 Å². The number of anilines is 3. The number of rotatable bonds is 3. The molecule has 0 saturated heterocycles. The molecule has 0 fully saturated rings. The van der Waals surface area contributed by atoms with Crippen LogP contribution in [-0.2, 0) is 0 Å². The Balaban J connectivity index is 1.91. The van der Waals surface area contributed by atoms with Crippen LogP contribution in [0.2, 0.25) is 0 Å². The zero-order valence-corrected chi connectivity index (χ0v) is 10.9. The maximum Gasteiger partial charge on any atom is 0.311 e. The van der Waals surface area contributed by atoms with Crippen molar-refractivity contribution in [1.82, 2.24) is 9.97 Å². The van der Waals surface area contributed by atoms with E-state index in [1.807, 2.05) is 30.3 Å². The Kier molecular flexibility index (Phi) is 3.07. The molecule has 1 aromatic carbocycles. The topological polar surface area (TPSA) is 107 Å². The standard InChI is InChI=1S/C14H11N5O2/c15-14-12(19(20)21)5-6-13(18-14)17-10-3-4-11-9(8-10)2-1-7-16-11/h1-8H,(H3,15,17,18). The Labute approximate surface area is 119 Å². The molecule has 0 bridgehead atoms. The lowest BCUT2D eigenvalue weighted by Crippen LogP contribution is -2.01. The van der Waals surface area contributed by atoms with E-state index in [0.717, 1.165) is 16.6 Å². The number of nitro groups is 1. The number of benzene rings is 1. The summed E-state index contributed by atoms with van der Waals surface area (Å²) >= 11 is 0. The van der Waals surface area contributed by atoms with E-state index in [1.165, 1.54) is 12.1 Å². The van der Waals surface area contributed by atoms with E-state index in [0.29, 0.717) is 5.82 Å². The van der Waals surface area contributed by atoms with Crippen molar-refractivity contribution in [1.29, 1.82) is 0 Å². The predicted octanol–water partition coefficient (Wildman–Crippen LogP) is 2.86. The smallest absolute Gasteiger partial charge is 0.311 e. The average molecular weight is 281 g/mol. The number of pyridine rings is 2. The summed E-state index contributed by atoms with van der Waals surface area (Å²) in [6.45, 7) is 0. The highest BCUT2D eigenvalue weighted by molar-refractivity contribution is 5.83. The van der Waals surface area contributed by atoms with Crippen LogP contribution in [0.1, 0.15) is 0 Å². The van der Waals surface area contributed by atoms with Gasteiger partial charge in [0.2, 0.25) is 5.82 Å². The summed E-state index contributed by atoms with van der Waals surface area (Å²) in [4.78, 5) is 18.3. The van der Waals surface area contributed by atoms with Crippen molar-refractivity contribution in [2.75, 3.05) is 11.1 Å². The summed E-state index contributed by atoms with van der Waals surface area (Å²) in [5.74, 6) is 0.328. The summed E-state index contributed by atoms with van der Waals surface area (Å²) in [5, 5.41) is 14.7. The lowest BCUT2D eigenvalue weighted by Gasteiger charge is -2.07. The van der Waals surface area contributed by atoms with Gasteiger partial charge in [0, 0.05) is 23.3 Å². The van der Waals surface area contributed by atoms with Crippen molar-refractivity contribution in [2.45, 2.75) is 0 Å². The first-order chi connectivity index (χ1) is 10.1. The van der Waals surface area contributed by atoms with E-state index in [4.69, 9.17) is 5.73 Å². The van der Waals surface area contributed by atoms with Gasteiger partial charge in [-0.25, -0.2) is 4.98 Å². The Bertz CT molecular complexity index is 834. The maximum atomic E-state index is 10.7. The zero-order chi connectivity index (χ0) is 14.8. The Morgan fingerprint density at radius 2 is 2.05 bits per heavy atom. The number of hydrogen-bond acceptors (Lipinski definition) is 6. The summed E-state index contributed by atoms with van der Waals surface area (Å²) < 4.78 is 0. The van der Waals surface area contributed by atoms with Crippen LogP contribution in [0.4, 0.5) is 23.0 Å². The van der Waals surface area contributed by atoms with Gasteiger partial charge in [-0.15, -0.1) is 0 Å². The third-order valence-corrected chi connectivity index (χ3v) is 2.97. The van der Waals surface area contributed by atoms with E-state index in [2.05, 4.69) is 15.3 Å². The molecule has 0 amide bonds. The van der Waals surface area contributed by atoms with E-state index in [1.54, 1.807) is 6.20 Å². The van der Waals surface area contributed by atoms with Crippen LogP contribution < -0.4 is 11.1 Å². The van der Waals surface area contributed by atoms with Crippen molar-refractivity contribution in [3.8, 4) is 0 Å². The summed E-state index contributed by atoms with van der Waals surface area (Å²) in [5.41, 5.74) is 7.05. The average Bonchev–Trinajstić information content (AvgIpc) is 2.47. The third-order valence-electron chi connectivity index (χ3n) is 2.97. The molecule has 0 radical (unpaired) electrons. The van der Waals surface area contributed by atoms with Gasteiger partial charge in [0.25, 0.3) is 0 Å². The van der Waals surface area contributed by atoms with Crippen LogP contribution in [0.15, 0.2) is 48.7 Å². The van der Waals surface area contributed by atoms with Gasteiger partial charge < -0.3 is 11.1 Å². The highest BCUT2D eigenvalue weighted by atomic mass is 16.6.